The molecule has 2 aromatic rings. The van der Waals surface area contributed by atoms with Crippen molar-refractivity contribution in [2.75, 3.05) is 18.0 Å². The Kier molecular flexibility index (Phi) is 6.07. The second-order valence-electron chi connectivity index (χ2n) is 6.28. The van der Waals surface area contributed by atoms with Crippen LogP contribution in [0.15, 0.2) is 35.1 Å². The zero-order valence-electron chi connectivity index (χ0n) is 13.1. The summed E-state index contributed by atoms with van der Waals surface area (Å²) in [6.45, 7) is 1.87. The molecule has 5 nitrogen and oxygen atoms in total. The first kappa shape index (κ1) is 19.4. The lowest BCUT2D eigenvalue weighted by molar-refractivity contribution is 0.187. The molecular formula is C16H20BrCl2N5. The highest BCUT2D eigenvalue weighted by atomic mass is 79.9. The molecule has 1 aliphatic carbocycles. The van der Waals surface area contributed by atoms with Gasteiger partial charge in [-0.3, -0.25) is 0 Å². The Morgan fingerprint density at radius 1 is 1.12 bits per heavy atom. The van der Waals surface area contributed by atoms with Crippen molar-refractivity contribution < 1.29 is 0 Å². The zero-order chi connectivity index (χ0) is 15.2. The van der Waals surface area contributed by atoms with E-state index in [9.17, 15) is 0 Å². The highest BCUT2D eigenvalue weighted by molar-refractivity contribution is 9.10. The van der Waals surface area contributed by atoms with E-state index in [-0.39, 0.29) is 36.3 Å². The van der Waals surface area contributed by atoms with Crippen molar-refractivity contribution in [1.29, 1.82) is 0 Å². The summed E-state index contributed by atoms with van der Waals surface area (Å²) in [5, 5.41) is 8.19. The lowest BCUT2D eigenvalue weighted by Gasteiger charge is -2.42. The molecule has 24 heavy (non-hydrogen) atoms. The zero-order valence-corrected chi connectivity index (χ0v) is 16.3. The van der Waals surface area contributed by atoms with Gasteiger partial charge in [0.05, 0.1) is 6.20 Å². The second kappa shape index (κ2) is 7.52. The van der Waals surface area contributed by atoms with Crippen molar-refractivity contribution in [1.82, 2.24) is 15.2 Å². The van der Waals surface area contributed by atoms with Crippen LogP contribution in [0.5, 0.6) is 0 Å². The molecule has 1 fully saturated rings. The van der Waals surface area contributed by atoms with Gasteiger partial charge in [-0.1, -0.05) is 24.3 Å². The average molecular weight is 433 g/mol. The number of fused-ring (bicyclic) bond motifs is 1. The van der Waals surface area contributed by atoms with Gasteiger partial charge in [0.15, 0.2) is 0 Å². The molecule has 130 valence electrons. The molecule has 0 unspecified atom stereocenters. The van der Waals surface area contributed by atoms with E-state index >= 15 is 0 Å². The molecule has 2 heterocycles. The summed E-state index contributed by atoms with van der Waals surface area (Å²) in [5.41, 5.74) is 9.54. The number of piperidine rings is 1. The smallest absolute Gasteiger partial charge is 0.245 e. The van der Waals surface area contributed by atoms with E-state index in [1.807, 2.05) is 0 Å². The van der Waals surface area contributed by atoms with Crippen LogP contribution in [-0.2, 0) is 6.42 Å². The number of hydrogen-bond acceptors (Lipinski definition) is 5. The summed E-state index contributed by atoms with van der Waals surface area (Å²) in [4.78, 5) is 6.56. The largest absolute Gasteiger partial charge is 0.339 e. The topological polar surface area (TPSA) is 67.9 Å². The predicted octanol–water partition coefficient (Wildman–Crippen LogP) is 3.32. The average Bonchev–Trinajstić information content (AvgIpc) is 2.82. The number of aromatic nitrogens is 3. The molecule has 0 radical (unpaired) electrons. The van der Waals surface area contributed by atoms with Crippen LogP contribution >= 0.6 is 40.7 Å². The van der Waals surface area contributed by atoms with Gasteiger partial charge in [0.2, 0.25) is 5.95 Å². The Balaban J connectivity index is 0.00000104. The number of nitrogens with two attached hydrogens (primary N) is 1. The van der Waals surface area contributed by atoms with Gasteiger partial charge < -0.3 is 10.6 Å². The Morgan fingerprint density at radius 2 is 1.83 bits per heavy atom. The van der Waals surface area contributed by atoms with E-state index in [0.717, 1.165) is 32.4 Å². The summed E-state index contributed by atoms with van der Waals surface area (Å²) in [6.07, 6.45) is 4.94. The van der Waals surface area contributed by atoms with Crippen molar-refractivity contribution in [2.24, 2.45) is 11.1 Å². The third-order valence-corrected chi connectivity index (χ3v) is 5.52. The van der Waals surface area contributed by atoms with Crippen LogP contribution in [0.3, 0.4) is 0 Å². The summed E-state index contributed by atoms with van der Waals surface area (Å²) in [6, 6.07) is 8.76. The summed E-state index contributed by atoms with van der Waals surface area (Å²) in [7, 11) is 0. The molecule has 1 atom stereocenters. The van der Waals surface area contributed by atoms with Gasteiger partial charge >= 0.3 is 0 Å². The van der Waals surface area contributed by atoms with Gasteiger partial charge in [-0.15, -0.1) is 35.0 Å². The third-order valence-electron chi connectivity index (χ3n) is 5.16. The van der Waals surface area contributed by atoms with Crippen molar-refractivity contribution in [3.63, 3.8) is 0 Å². The minimum atomic E-state index is 0. The number of halogens is 3. The third kappa shape index (κ3) is 3.25. The number of benzene rings is 1. The Morgan fingerprint density at radius 3 is 2.46 bits per heavy atom. The normalized spacial score (nSPS) is 20.9. The Hall–Kier alpha value is -0.950. The van der Waals surface area contributed by atoms with Gasteiger partial charge in [0, 0.05) is 19.1 Å². The number of nitrogens with zero attached hydrogens (tertiary/aromatic N) is 4. The summed E-state index contributed by atoms with van der Waals surface area (Å²) in [5.74, 6) is 0.710. The maximum absolute atomic E-state index is 6.59. The van der Waals surface area contributed by atoms with Gasteiger partial charge in [-0.2, -0.15) is 0 Å². The van der Waals surface area contributed by atoms with Crippen molar-refractivity contribution in [3.05, 3.63) is 46.2 Å². The molecule has 0 amide bonds. The lowest BCUT2D eigenvalue weighted by Crippen LogP contribution is -2.45. The lowest BCUT2D eigenvalue weighted by atomic mass is 9.73. The fourth-order valence-electron chi connectivity index (χ4n) is 3.86. The summed E-state index contributed by atoms with van der Waals surface area (Å²) < 4.78 is 0.665. The molecule has 2 N–H and O–H groups in total. The van der Waals surface area contributed by atoms with Crippen molar-refractivity contribution in [3.8, 4) is 0 Å². The highest BCUT2D eigenvalue weighted by Crippen LogP contribution is 2.50. The van der Waals surface area contributed by atoms with E-state index < -0.39 is 0 Å². The summed E-state index contributed by atoms with van der Waals surface area (Å²) >= 11 is 3.27. The van der Waals surface area contributed by atoms with Crippen molar-refractivity contribution in [2.45, 2.75) is 25.3 Å². The van der Waals surface area contributed by atoms with Gasteiger partial charge in [0.25, 0.3) is 0 Å². The maximum atomic E-state index is 6.59. The SMILES string of the molecule is Cl.Cl.N[C@@H]1c2ccccc2CC12CCN(c1ncc(Br)nn1)CC2. The first-order valence-corrected chi connectivity index (χ1v) is 8.41. The first-order chi connectivity index (χ1) is 10.7. The van der Waals surface area contributed by atoms with E-state index in [2.05, 4.69) is 60.3 Å². The Labute approximate surface area is 162 Å². The van der Waals surface area contributed by atoms with Gasteiger partial charge in [0.1, 0.15) is 4.60 Å². The number of rotatable bonds is 1. The molecule has 1 aromatic carbocycles. The van der Waals surface area contributed by atoms with Crippen LogP contribution in [0, 0.1) is 5.41 Å². The molecule has 0 saturated carbocycles. The first-order valence-electron chi connectivity index (χ1n) is 7.61. The van der Waals surface area contributed by atoms with E-state index in [1.165, 1.54) is 11.1 Å². The second-order valence-corrected chi connectivity index (χ2v) is 7.10. The van der Waals surface area contributed by atoms with Gasteiger partial charge in [-0.05, 0) is 51.7 Å². The van der Waals surface area contributed by atoms with Crippen LogP contribution in [0.4, 0.5) is 5.95 Å². The van der Waals surface area contributed by atoms with Crippen LogP contribution in [0.25, 0.3) is 0 Å². The number of hydrogen-bond donors (Lipinski definition) is 1. The minimum Gasteiger partial charge on any atom is -0.339 e. The molecule has 1 saturated heterocycles. The molecule has 0 bridgehead atoms. The molecule has 1 spiro atoms. The minimum absolute atomic E-state index is 0. The Bertz CT molecular complexity index is 689. The number of anilines is 1. The fourth-order valence-corrected chi connectivity index (χ4v) is 4.04. The quantitative estimate of drug-likeness (QED) is 0.748. The van der Waals surface area contributed by atoms with Crippen LogP contribution in [0.1, 0.15) is 30.0 Å². The fraction of sp³-hybridized carbons (Fsp3) is 0.438. The van der Waals surface area contributed by atoms with Crippen molar-refractivity contribution >= 4 is 46.7 Å². The highest BCUT2D eigenvalue weighted by Gasteiger charge is 2.45. The predicted molar refractivity (Wildman–Crippen MR) is 103 cm³/mol. The van der Waals surface area contributed by atoms with E-state index in [4.69, 9.17) is 5.73 Å². The molecule has 8 heteroatoms. The van der Waals surface area contributed by atoms with E-state index in [1.54, 1.807) is 6.20 Å². The van der Waals surface area contributed by atoms with Crippen LogP contribution in [0.2, 0.25) is 0 Å². The molecule has 2 aliphatic rings. The van der Waals surface area contributed by atoms with Gasteiger partial charge in [-0.25, -0.2) is 4.98 Å². The molecule has 4 rings (SSSR count). The standard InChI is InChI=1S/C16H18BrN5.2ClH/c17-13-10-19-15(21-20-13)22-7-5-16(6-8-22)9-11-3-1-2-4-12(11)14(16)18;;/h1-4,10,14H,5-9,18H2;2*1H/t14-;;/m1../s1. The van der Waals surface area contributed by atoms with Crippen LogP contribution < -0.4 is 10.6 Å². The van der Waals surface area contributed by atoms with E-state index in [0.29, 0.717) is 10.6 Å². The van der Waals surface area contributed by atoms with Crippen LogP contribution in [-0.4, -0.2) is 28.3 Å². The molecule has 1 aliphatic heterocycles. The monoisotopic (exact) mass is 431 g/mol. The molecular weight excluding hydrogens is 413 g/mol. The maximum Gasteiger partial charge on any atom is 0.245 e. The molecule has 1 aromatic heterocycles.